The molecule has 0 aliphatic carbocycles. The summed E-state index contributed by atoms with van der Waals surface area (Å²) in [5.74, 6) is -1.12. The van der Waals surface area contributed by atoms with E-state index in [0.29, 0.717) is 6.42 Å². The Morgan fingerprint density at radius 2 is 1.52 bits per heavy atom. The van der Waals surface area contributed by atoms with Gasteiger partial charge in [0.15, 0.2) is 0 Å². The van der Waals surface area contributed by atoms with Gasteiger partial charge in [-0.05, 0) is 55.7 Å². The van der Waals surface area contributed by atoms with Crippen molar-refractivity contribution >= 4 is 17.4 Å². The zero-order chi connectivity index (χ0) is 20.8. The van der Waals surface area contributed by atoms with Gasteiger partial charge in [0.2, 0.25) is 0 Å². The fraction of sp³-hybridized carbons (Fsp3) is 0.200. The summed E-state index contributed by atoms with van der Waals surface area (Å²) in [7, 11) is 0. The van der Waals surface area contributed by atoms with Crippen LogP contribution < -0.4 is 5.32 Å². The summed E-state index contributed by atoms with van der Waals surface area (Å²) < 4.78 is 0. The molecule has 2 N–H and O–H groups in total. The molecule has 0 aliphatic heterocycles. The van der Waals surface area contributed by atoms with Gasteiger partial charge in [0.05, 0.1) is 11.6 Å². The highest BCUT2D eigenvalue weighted by Gasteiger charge is 2.27. The van der Waals surface area contributed by atoms with Gasteiger partial charge in [-0.2, -0.15) is 0 Å². The number of hydrogen-bond acceptors (Lipinski definition) is 3. The second-order valence-corrected chi connectivity index (χ2v) is 7.32. The van der Waals surface area contributed by atoms with Crippen LogP contribution in [0.5, 0.6) is 0 Å². The Morgan fingerprint density at radius 1 is 0.897 bits per heavy atom. The molecule has 0 radical (unpaired) electrons. The lowest BCUT2D eigenvalue weighted by atomic mass is 9.84. The number of aryl methyl sites for hydroxylation is 1. The minimum atomic E-state index is -0.961. The van der Waals surface area contributed by atoms with Crippen molar-refractivity contribution in [2.45, 2.75) is 26.3 Å². The van der Waals surface area contributed by atoms with Crippen LogP contribution in [0.3, 0.4) is 0 Å². The van der Waals surface area contributed by atoms with Crippen LogP contribution in [0.15, 0.2) is 78.9 Å². The Kier molecular flexibility index (Phi) is 6.45. The Labute approximate surface area is 171 Å². The van der Waals surface area contributed by atoms with Crippen LogP contribution in [0, 0.1) is 12.8 Å². The van der Waals surface area contributed by atoms with E-state index in [1.165, 1.54) is 0 Å². The average molecular weight is 387 g/mol. The monoisotopic (exact) mass is 387 g/mol. The Morgan fingerprint density at radius 3 is 2.07 bits per heavy atom. The van der Waals surface area contributed by atoms with E-state index in [0.717, 1.165) is 22.4 Å². The van der Waals surface area contributed by atoms with Crippen molar-refractivity contribution in [2.75, 3.05) is 5.32 Å². The van der Waals surface area contributed by atoms with E-state index in [9.17, 15) is 9.59 Å². The molecule has 0 heterocycles. The summed E-state index contributed by atoms with van der Waals surface area (Å²) in [6.07, 6.45) is 0.620. The molecule has 29 heavy (non-hydrogen) atoms. The highest BCUT2D eigenvalue weighted by atomic mass is 16.4. The Balaban J connectivity index is 1.95. The second-order valence-electron chi connectivity index (χ2n) is 7.32. The number of aromatic carboxylic acids is 1. The number of nitrogens with one attached hydrogen (secondary N) is 1. The zero-order valence-corrected chi connectivity index (χ0v) is 16.6. The van der Waals surface area contributed by atoms with Crippen molar-refractivity contribution in [3.05, 3.63) is 101 Å². The van der Waals surface area contributed by atoms with Gasteiger partial charge >= 0.3 is 5.97 Å². The highest BCUT2D eigenvalue weighted by molar-refractivity contribution is 5.88. The van der Waals surface area contributed by atoms with Gasteiger partial charge in [0, 0.05) is 11.6 Å². The number of benzene rings is 3. The number of Topliss-reactive ketones (excluding diaryl/α,β-unsaturated/α-hetero) is 1. The van der Waals surface area contributed by atoms with Gasteiger partial charge in [-0.1, -0.05) is 60.2 Å². The third kappa shape index (κ3) is 5.32. The topological polar surface area (TPSA) is 66.4 Å². The highest BCUT2D eigenvalue weighted by Crippen LogP contribution is 2.31. The minimum Gasteiger partial charge on any atom is -0.478 e. The molecule has 148 valence electrons. The second kappa shape index (κ2) is 9.20. The maximum absolute atomic E-state index is 12.6. The molecule has 0 aromatic heterocycles. The molecule has 2 unspecified atom stereocenters. The van der Waals surface area contributed by atoms with Gasteiger partial charge in [-0.25, -0.2) is 4.79 Å². The first-order valence-electron chi connectivity index (χ1n) is 9.65. The number of carboxylic acids is 1. The predicted octanol–water partition coefficient (Wildman–Crippen LogP) is 5.29. The summed E-state index contributed by atoms with van der Waals surface area (Å²) in [6, 6.07) is 24.5. The summed E-state index contributed by atoms with van der Waals surface area (Å²) in [6.45, 7) is 3.66. The van der Waals surface area contributed by atoms with Crippen molar-refractivity contribution in [1.82, 2.24) is 0 Å². The molecule has 0 saturated carbocycles. The van der Waals surface area contributed by atoms with Crippen LogP contribution in [0.1, 0.15) is 40.0 Å². The molecule has 4 heteroatoms. The fourth-order valence-corrected chi connectivity index (χ4v) is 3.44. The van der Waals surface area contributed by atoms with E-state index in [1.54, 1.807) is 31.2 Å². The predicted molar refractivity (Wildman–Crippen MR) is 115 cm³/mol. The maximum atomic E-state index is 12.6. The van der Waals surface area contributed by atoms with Crippen molar-refractivity contribution in [3.63, 3.8) is 0 Å². The van der Waals surface area contributed by atoms with E-state index in [4.69, 9.17) is 5.11 Å². The first kappa shape index (κ1) is 20.3. The van der Waals surface area contributed by atoms with E-state index >= 15 is 0 Å². The number of anilines is 1. The average Bonchev–Trinajstić information content (AvgIpc) is 2.72. The van der Waals surface area contributed by atoms with Crippen LogP contribution >= 0.6 is 0 Å². The van der Waals surface area contributed by atoms with Crippen LogP contribution in [-0.2, 0) is 11.2 Å². The molecule has 3 aromatic rings. The van der Waals surface area contributed by atoms with E-state index in [2.05, 4.69) is 5.32 Å². The summed E-state index contributed by atoms with van der Waals surface area (Å²) in [4.78, 5) is 23.8. The van der Waals surface area contributed by atoms with E-state index in [1.807, 2.05) is 61.5 Å². The smallest absolute Gasteiger partial charge is 0.335 e. The lowest BCUT2D eigenvalue weighted by molar-refractivity contribution is -0.121. The standard InChI is InChI=1S/C25H25NO3/c1-17-8-10-20(11-9-17)24(26-22-14-12-21(13-15-22)25(28)29)23(18(2)27)16-19-6-4-3-5-7-19/h3-15,23-24,26H,16H2,1-2H3,(H,28,29). The quantitative estimate of drug-likeness (QED) is 0.551. The van der Waals surface area contributed by atoms with Crippen molar-refractivity contribution < 1.29 is 14.7 Å². The maximum Gasteiger partial charge on any atom is 0.335 e. The third-order valence-corrected chi connectivity index (χ3v) is 5.11. The summed E-state index contributed by atoms with van der Waals surface area (Å²) in [5.41, 5.74) is 4.29. The number of carboxylic acid groups (broad SMARTS) is 1. The van der Waals surface area contributed by atoms with Crippen LogP contribution in [-0.4, -0.2) is 16.9 Å². The number of carbonyl (C=O) groups excluding carboxylic acids is 1. The molecule has 0 amide bonds. The molecule has 0 aliphatic rings. The van der Waals surface area contributed by atoms with Gasteiger partial charge in [-0.15, -0.1) is 0 Å². The third-order valence-electron chi connectivity index (χ3n) is 5.11. The van der Waals surface area contributed by atoms with Gasteiger partial charge < -0.3 is 10.4 Å². The van der Waals surface area contributed by atoms with Crippen molar-refractivity contribution in [3.8, 4) is 0 Å². The summed E-state index contributed by atoms with van der Waals surface area (Å²) >= 11 is 0. The minimum absolute atomic E-state index is 0.106. The summed E-state index contributed by atoms with van der Waals surface area (Å²) in [5, 5.41) is 12.6. The molecule has 4 nitrogen and oxygen atoms in total. The van der Waals surface area contributed by atoms with Crippen LogP contribution in [0.25, 0.3) is 0 Å². The van der Waals surface area contributed by atoms with Gasteiger partial charge in [0.25, 0.3) is 0 Å². The molecule has 3 aromatic carbocycles. The Hall–Kier alpha value is -3.40. The normalized spacial score (nSPS) is 12.8. The molecular weight excluding hydrogens is 362 g/mol. The van der Waals surface area contributed by atoms with E-state index < -0.39 is 5.97 Å². The molecule has 0 spiro atoms. The first-order chi connectivity index (χ1) is 13.9. The van der Waals surface area contributed by atoms with Crippen LogP contribution in [0.2, 0.25) is 0 Å². The number of rotatable bonds is 8. The molecule has 0 bridgehead atoms. The molecule has 3 rings (SSSR count). The molecular formula is C25H25NO3. The van der Waals surface area contributed by atoms with Crippen LogP contribution in [0.4, 0.5) is 5.69 Å². The number of ketones is 1. The number of carbonyl (C=O) groups is 2. The number of hydrogen-bond donors (Lipinski definition) is 2. The molecule has 2 atom stereocenters. The molecule has 0 saturated heterocycles. The van der Waals surface area contributed by atoms with Crippen molar-refractivity contribution in [2.24, 2.45) is 5.92 Å². The van der Waals surface area contributed by atoms with Gasteiger partial charge in [-0.3, -0.25) is 4.79 Å². The SMILES string of the molecule is CC(=O)C(Cc1ccccc1)C(Nc1ccc(C(=O)O)cc1)c1ccc(C)cc1. The first-order valence-corrected chi connectivity index (χ1v) is 9.65. The van der Waals surface area contributed by atoms with Gasteiger partial charge in [0.1, 0.15) is 5.78 Å². The lowest BCUT2D eigenvalue weighted by Gasteiger charge is -2.28. The Bertz CT molecular complexity index is 963. The fourth-order valence-electron chi connectivity index (χ4n) is 3.44. The van der Waals surface area contributed by atoms with E-state index in [-0.39, 0.29) is 23.3 Å². The largest absolute Gasteiger partial charge is 0.478 e. The lowest BCUT2D eigenvalue weighted by Crippen LogP contribution is -2.28. The molecule has 0 fully saturated rings. The van der Waals surface area contributed by atoms with Crippen molar-refractivity contribution in [1.29, 1.82) is 0 Å². The zero-order valence-electron chi connectivity index (χ0n) is 16.6.